The molecule has 2 heterocycles. The lowest BCUT2D eigenvalue weighted by molar-refractivity contribution is -0.127. The predicted octanol–water partition coefficient (Wildman–Crippen LogP) is 2.00. The number of aromatic nitrogens is 2. The van der Waals surface area contributed by atoms with Gasteiger partial charge < -0.3 is 10.2 Å². The Labute approximate surface area is 132 Å². The minimum absolute atomic E-state index is 0.0255. The third-order valence-electron chi connectivity index (χ3n) is 3.82. The van der Waals surface area contributed by atoms with Gasteiger partial charge >= 0.3 is 0 Å². The SMILES string of the molecule is Cc1nnc(NC(=O)[C@H]2CC(=O)N(C)[C@@H]2c2ccccc2)s1. The molecule has 0 saturated carbocycles. The maximum Gasteiger partial charge on any atom is 0.232 e. The van der Waals surface area contributed by atoms with Crippen molar-refractivity contribution in [3.63, 3.8) is 0 Å². The maximum absolute atomic E-state index is 12.5. The summed E-state index contributed by atoms with van der Waals surface area (Å²) in [6.45, 7) is 1.83. The molecule has 7 heteroatoms. The Hall–Kier alpha value is -2.28. The number of hydrogen-bond acceptors (Lipinski definition) is 5. The monoisotopic (exact) mass is 316 g/mol. The van der Waals surface area contributed by atoms with Gasteiger partial charge in [0.15, 0.2) is 0 Å². The summed E-state index contributed by atoms with van der Waals surface area (Å²) in [7, 11) is 1.74. The van der Waals surface area contributed by atoms with Gasteiger partial charge in [0.05, 0.1) is 12.0 Å². The lowest BCUT2D eigenvalue weighted by atomic mass is 9.93. The van der Waals surface area contributed by atoms with Crippen LogP contribution in [0.25, 0.3) is 0 Å². The molecule has 3 rings (SSSR count). The van der Waals surface area contributed by atoms with Crippen molar-refractivity contribution in [2.24, 2.45) is 5.92 Å². The van der Waals surface area contributed by atoms with Crippen LogP contribution >= 0.6 is 11.3 Å². The van der Waals surface area contributed by atoms with E-state index in [1.54, 1.807) is 11.9 Å². The number of carbonyl (C=O) groups is 2. The van der Waals surface area contributed by atoms with Gasteiger partial charge in [-0.15, -0.1) is 10.2 Å². The Bertz CT molecular complexity index is 701. The van der Waals surface area contributed by atoms with E-state index in [2.05, 4.69) is 15.5 Å². The normalized spacial score (nSPS) is 21.2. The molecular weight excluding hydrogens is 300 g/mol. The summed E-state index contributed by atoms with van der Waals surface area (Å²) in [6.07, 6.45) is 0.208. The molecule has 1 aromatic carbocycles. The van der Waals surface area contributed by atoms with Crippen LogP contribution in [-0.4, -0.2) is 34.0 Å². The van der Waals surface area contributed by atoms with Gasteiger partial charge in [0.1, 0.15) is 5.01 Å². The first-order chi connectivity index (χ1) is 10.6. The van der Waals surface area contributed by atoms with Gasteiger partial charge in [-0.05, 0) is 12.5 Å². The number of anilines is 1. The number of benzene rings is 1. The summed E-state index contributed by atoms with van der Waals surface area (Å²) in [5.74, 6) is -0.644. The Kier molecular flexibility index (Phi) is 3.89. The van der Waals surface area contributed by atoms with Crippen LogP contribution in [0, 0.1) is 12.8 Å². The summed E-state index contributed by atoms with van der Waals surface area (Å²) in [5.41, 5.74) is 0.962. The third kappa shape index (κ3) is 2.71. The summed E-state index contributed by atoms with van der Waals surface area (Å²) in [6, 6.07) is 9.37. The second-order valence-corrected chi connectivity index (χ2v) is 6.47. The molecule has 2 atom stereocenters. The highest BCUT2D eigenvalue weighted by Gasteiger charge is 2.42. The van der Waals surface area contributed by atoms with Crippen LogP contribution in [0.3, 0.4) is 0 Å². The summed E-state index contributed by atoms with van der Waals surface area (Å²) < 4.78 is 0. The fourth-order valence-electron chi connectivity index (χ4n) is 2.76. The van der Waals surface area contributed by atoms with Crippen LogP contribution in [-0.2, 0) is 9.59 Å². The van der Waals surface area contributed by atoms with Crippen molar-refractivity contribution in [2.45, 2.75) is 19.4 Å². The standard InChI is InChI=1S/C15H16N4O2S/c1-9-17-18-15(22-9)16-14(21)11-8-12(20)19(2)13(11)10-6-4-3-5-7-10/h3-7,11,13H,8H2,1-2H3,(H,16,18,21)/t11-,13+/m0/s1. The zero-order valence-corrected chi connectivity index (χ0v) is 13.1. The van der Waals surface area contributed by atoms with Crippen molar-refractivity contribution in [3.8, 4) is 0 Å². The van der Waals surface area contributed by atoms with Gasteiger partial charge in [0, 0.05) is 13.5 Å². The van der Waals surface area contributed by atoms with Gasteiger partial charge in [-0.2, -0.15) is 0 Å². The van der Waals surface area contributed by atoms with Crippen molar-refractivity contribution in [1.82, 2.24) is 15.1 Å². The van der Waals surface area contributed by atoms with Gasteiger partial charge in [0.25, 0.3) is 0 Å². The Balaban J connectivity index is 1.84. The molecule has 0 aliphatic carbocycles. The first kappa shape index (κ1) is 14.6. The van der Waals surface area contributed by atoms with Crippen LogP contribution in [0.4, 0.5) is 5.13 Å². The largest absolute Gasteiger partial charge is 0.338 e. The molecule has 6 nitrogen and oxygen atoms in total. The van der Waals surface area contributed by atoms with E-state index in [1.807, 2.05) is 37.3 Å². The highest BCUT2D eigenvalue weighted by Crippen LogP contribution is 2.37. The molecule has 22 heavy (non-hydrogen) atoms. The molecule has 1 fully saturated rings. The first-order valence-electron chi connectivity index (χ1n) is 6.98. The fourth-order valence-corrected chi connectivity index (χ4v) is 3.35. The molecule has 114 valence electrons. The number of nitrogens with zero attached hydrogens (tertiary/aromatic N) is 3. The molecule has 0 spiro atoms. The van der Waals surface area contributed by atoms with Gasteiger partial charge in [-0.3, -0.25) is 9.59 Å². The summed E-state index contributed by atoms with van der Waals surface area (Å²) in [5, 5.41) is 11.8. The zero-order valence-electron chi connectivity index (χ0n) is 12.3. The maximum atomic E-state index is 12.5. The number of carbonyl (C=O) groups excluding carboxylic acids is 2. The highest BCUT2D eigenvalue weighted by molar-refractivity contribution is 7.15. The van der Waals surface area contributed by atoms with Gasteiger partial charge in [0.2, 0.25) is 16.9 Å². The average Bonchev–Trinajstić information content (AvgIpc) is 3.04. The summed E-state index contributed by atoms with van der Waals surface area (Å²) in [4.78, 5) is 26.2. The fraction of sp³-hybridized carbons (Fsp3) is 0.333. The minimum Gasteiger partial charge on any atom is -0.338 e. The molecule has 0 unspecified atom stereocenters. The molecule has 2 aromatic rings. The average molecular weight is 316 g/mol. The van der Waals surface area contributed by atoms with E-state index in [-0.39, 0.29) is 24.3 Å². The second kappa shape index (κ2) is 5.84. The van der Waals surface area contributed by atoms with E-state index >= 15 is 0 Å². The third-order valence-corrected chi connectivity index (χ3v) is 4.57. The number of rotatable bonds is 3. The van der Waals surface area contributed by atoms with Crippen LogP contribution in [0.1, 0.15) is 23.0 Å². The Morgan fingerprint density at radius 3 is 2.68 bits per heavy atom. The Morgan fingerprint density at radius 1 is 1.32 bits per heavy atom. The predicted molar refractivity (Wildman–Crippen MR) is 83.3 cm³/mol. The number of nitrogens with one attached hydrogen (secondary N) is 1. The van der Waals surface area contributed by atoms with E-state index in [9.17, 15) is 9.59 Å². The second-order valence-electron chi connectivity index (χ2n) is 5.29. The molecule has 0 radical (unpaired) electrons. The first-order valence-corrected chi connectivity index (χ1v) is 7.79. The number of amides is 2. The molecular formula is C15H16N4O2S. The zero-order chi connectivity index (χ0) is 15.7. The van der Waals surface area contributed by atoms with Crippen molar-refractivity contribution < 1.29 is 9.59 Å². The van der Waals surface area contributed by atoms with Crippen molar-refractivity contribution >= 4 is 28.3 Å². The number of aryl methyl sites for hydroxylation is 1. The van der Waals surface area contributed by atoms with Crippen molar-refractivity contribution in [2.75, 3.05) is 12.4 Å². The topological polar surface area (TPSA) is 75.2 Å². The number of likely N-dealkylation sites (tertiary alicyclic amines) is 1. The van der Waals surface area contributed by atoms with E-state index < -0.39 is 5.92 Å². The van der Waals surface area contributed by atoms with Crippen LogP contribution in [0.15, 0.2) is 30.3 Å². The molecule has 1 saturated heterocycles. The number of hydrogen-bond donors (Lipinski definition) is 1. The van der Waals surface area contributed by atoms with E-state index in [0.29, 0.717) is 5.13 Å². The van der Waals surface area contributed by atoms with E-state index in [4.69, 9.17) is 0 Å². The van der Waals surface area contributed by atoms with Crippen LogP contribution in [0.2, 0.25) is 0 Å². The minimum atomic E-state index is -0.427. The molecule has 0 bridgehead atoms. The van der Waals surface area contributed by atoms with E-state index in [1.165, 1.54) is 11.3 Å². The lowest BCUT2D eigenvalue weighted by Gasteiger charge is -2.24. The summed E-state index contributed by atoms with van der Waals surface area (Å²) >= 11 is 1.32. The quantitative estimate of drug-likeness (QED) is 0.940. The van der Waals surface area contributed by atoms with E-state index in [0.717, 1.165) is 10.6 Å². The molecule has 1 N–H and O–H groups in total. The van der Waals surface area contributed by atoms with Crippen molar-refractivity contribution in [3.05, 3.63) is 40.9 Å². The molecule has 1 aliphatic rings. The Morgan fingerprint density at radius 2 is 2.05 bits per heavy atom. The lowest BCUT2D eigenvalue weighted by Crippen LogP contribution is -2.29. The van der Waals surface area contributed by atoms with Gasteiger partial charge in [-0.25, -0.2) is 0 Å². The van der Waals surface area contributed by atoms with Crippen molar-refractivity contribution in [1.29, 1.82) is 0 Å². The smallest absolute Gasteiger partial charge is 0.232 e. The molecule has 1 aliphatic heterocycles. The van der Waals surface area contributed by atoms with Crippen LogP contribution in [0.5, 0.6) is 0 Å². The van der Waals surface area contributed by atoms with Gasteiger partial charge in [-0.1, -0.05) is 41.7 Å². The molecule has 2 amide bonds. The molecule has 1 aromatic heterocycles. The van der Waals surface area contributed by atoms with Crippen LogP contribution < -0.4 is 5.32 Å². The highest BCUT2D eigenvalue weighted by atomic mass is 32.1.